The standard InChI is InChI=1S/C8H15N3O2/c1-8(2)6(12)9-7(13)11(8)5-10(3)4/h5H2,1-4H3,(H,9,12,13). The number of carbonyl (C=O) groups is 2. The van der Waals surface area contributed by atoms with Gasteiger partial charge in [0, 0.05) is 0 Å². The van der Waals surface area contributed by atoms with E-state index in [1.807, 2.05) is 19.0 Å². The van der Waals surface area contributed by atoms with Gasteiger partial charge < -0.3 is 0 Å². The van der Waals surface area contributed by atoms with E-state index in [0.29, 0.717) is 6.67 Å². The van der Waals surface area contributed by atoms with Crippen molar-refractivity contribution in [3.05, 3.63) is 0 Å². The molecule has 0 aromatic heterocycles. The molecule has 1 N–H and O–H groups in total. The quantitative estimate of drug-likeness (QED) is 0.608. The summed E-state index contributed by atoms with van der Waals surface area (Å²) in [5, 5.41) is 2.28. The van der Waals surface area contributed by atoms with Crippen molar-refractivity contribution >= 4 is 11.9 Å². The highest BCUT2D eigenvalue weighted by atomic mass is 16.2. The SMILES string of the molecule is CN(C)CN1C(=O)NC(=O)C1(C)C. The predicted molar refractivity (Wildman–Crippen MR) is 48.0 cm³/mol. The first kappa shape index (κ1) is 9.98. The summed E-state index contributed by atoms with van der Waals surface area (Å²) in [6, 6.07) is -0.316. The fourth-order valence-corrected chi connectivity index (χ4v) is 1.22. The molecule has 1 heterocycles. The van der Waals surface area contributed by atoms with E-state index in [1.54, 1.807) is 13.8 Å². The van der Waals surface area contributed by atoms with Gasteiger partial charge in [-0.2, -0.15) is 0 Å². The first-order valence-electron chi connectivity index (χ1n) is 4.13. The van der Waals surface area contributed by atoms with Crippen LogP contribution >= 0.6 is 0 Å². The minimum absolute atomic E-state index is 0.237. The molecule has 3 amide bonds. The number of imide groups is 1. The zero-order valence-corrected chi connectivity index (χ0v) is 8.42. The van der Waals surface area contributed by atoms with Crippen LogP contribution in [0.15, 0.2) is 0 Å². The third-order valence-electron chi connectivity index (χ3n) is 2.12. The highest BCUT2D eigenvalue weighted by molar-refractivity contribution is 6.06. The monoisotopic (exact) mass is 185 g/mol. The molecule has 1 saturated heterocycles. The molecule has 1 fully saturated rings. The summed E-state index contributed by atoms with van der Waals surface area (Å²) in [4.78, 5) is 26.0. The van der Waals surface area contributed by atoms with E-state index < -0.39 is 5.54 Å². The third-order valence-corrected chi connectivity index (χ3v) is 2.12. The molecule has 0 aromatic carbocycles. The molecule has 0 atom stereocenters. The van der Waals surface area contributed by atoms with Gasteiger partial charge in [-0.15, -0.1) is 0 Å². The summed E-state index contributed by atoms with van der Waals surface area (Å²) >= 11 is 0. The molecule has 5 heteroatoms. The van der Waals surface area contributed by atoms with E-state index in [-0.39, 0.29) is 11.9 Å². The van der Waals surface area contributed by atoms with E-state index in [4.69, 9.17) is 0 Å². The highest BCUT2D eigenvalue weighted by Gasteiger charge is 2.45. The Morgan fingerprint density at radius 3 is 2.23 bits per heavy atom. The van der Waals surface area contributed by atoms with Gasteiger partial charge in [0.15, 0.2) is 0 Å². The van der Waals surface area contributed by atoms with Crippen LogP contribution in [0.2, 0.25) is 0 Å². The molecule has 0 bridgehead atoms. The number of urea groups is 1. The average molecular weight is 185 g/mol. The molecule has 13 heavy (non-hydrogen) atoms. The van der Waals surface area contributed by atoms with E-state index in [1.165, 1.54) is 4.90 Å². The summed E-state index contributed by atoms with van der Waals surface area (Å²) in [5.74, 6) is -0.237. The van der Waals surface area contributed by atoms with Gasteiger partial charge in [0.2, 0.25) is 0 Å². The van der Waals surface area contributed by atoms with Crippen LogP contribution in [0.3, 0.4) is 0 Å². The Bertz CT molecular complexity index is 248. The maximum atomic E-state index is 11.3. The molecule has 0 aliphatic carbocycles. The second kappa shape index (κ2) is 2.99. The van der Waals surface area contributed by atoms with E-state index in [2.05, 4.69) is 5.32 Å². The lowest BCUT2D eigenvalue weighted by molar-refractivity contribution is -0.125. The van der Waals surface area contributed by atoms with Crippen LogP contribution in [0.5, 0.6) is 0 Å². The number of nitrogens with zero attached hydrogens (tertiary/aromatic N) is 2. The van der Waals surface area contributed by atoms with Crippen molar-refractivity contribution in [2.45, 2.75) is 19.4 Å². The number of amides is 3. The Morgan fingerprint density at radius 2 is 1.92 bits per heavy atom. The van der Waals surface area contributed by atoms with Crippen LogP contribution < -0.4 is 5.32 Å². The lowest BCUT2D eigenvalue weighted by Crippen LogP contribution is -2.48. The molecule has 1 aliphatic heterocycles. The second-order valence-corrected chi connectivity index (χ2v) is 3.97. The second-order valence-electron chi connectivity index (χ2n) is 3.97. The molecule has 0 saturated carbocycles. The molecule has 0 unspecified atom stereocenters. The molecular weight excluding hydrogens is 170 g/mol. The van der Waals surface area contributed by atoms with Crippen molar-refractivity contribution in [3.8, 4) is 0 Å². The van der Waals surface area contributed by atoms with Crippen LogP contribution in [0.1, 0.15) is 13.8 Å². The number of nitrogens with one attached hydrogen (secondary N) is 1. The zero-order valence-electron chi connectivity index (χ0n) is 8.42. The molecular formula is C8H15N3O2. The van der Waals surface area contributed by atoms with Crippen molar-refractivity contribution in [1.82, 2.24) is 15.1 Å². The van der Waals surface area contributed by atoms with Gasteiger partial charge >= 0.3 is 6.03 Å². The summed E-state index contributed by atoms with van der Waals surface area (Å²) in [6.07, 6.45) is 0. The van der Waals surface area contributed by atoms with Gasteiger partial charge in [-0.05, 0) is 27.9 Å². The van der Waals surface area contributed by atoms with Crippen LogP contribution in [0, 0.1) is 0 Å². The fourth-order valence-electron chi connectivity index (χ4n) is 1.22. The first-order valence-corrected chi connectivity index (χ1v) is 4.13. The van der Waals surface area contributed by atoms with E-state index >= 15 is 0 Å². The van der Waals surface area contributed by atoms with Crippen LogP contribution in [-0.4, -0.2) is 48.0 Å². The maximum absolute atomic E-state index is 11.3. The van der Waals surface area contributed by atoms with Gasteiger partial charge in [-0.1, -0.05) is 0 Å². The molecule has 0 radical (unpaired) electrons. The Balaban J connectivity index is 2.82. The summed E-state index contributed by atoms with van der Waals surface area (Å²) in [5.41, 5.74) is -0.735. The van der Waals surface area contributed by atoms with Crippen LogP contribution in [-0.2, 0) is 4.79 Å². The van der Waals surface area contributed by atoms with Gasteiger partial charge in [-0.3, -0.25) is 19.9 Å². The normalized spacial score (nSPS) is 21.2. The molecule has 0 aromatic rings. The summed E-state index contributed by atoms with van der Waals surface area (Å²) < 4.78 is 0. The molecule has 1 rings (SSSR count). The van der Waals surface area contributed by atoms with Gasteiger partial charge in [-0.25, -0.2) is 4.79 Å². The van der Waals surface area contributed by atoms with Crippen molar-refractivity contribution in [2.24, 2.45) is 0 Å². The number of hydrogen-bond acceptors (Lipinski definition) is 3. The Labute approximate surface area is 77.7 Å². The summed E-state index contributed by atoms with van der Waals surface area (Å²) in [7, 11) is 3.71. The Hall–Kier alpha value is -1.10. The van der Waals surface area contributed by atoms with Crippen molar-refractivity contribution in [2.75, 3.05) is 20.8 Å². The van der Waals surface area contributed by atoms with Gasteiger partial charge in [0.05, 0.1) is 6.67 Å². The molecule has 5 nitrogen and oxygen atoms in total. The lowest BCUT2D eigenvalue weighted by Gasteiger charge is -2.30. The number of hydrogen-bond donors (Lipinski definition) is 1. The Morgan fingerprint density at radius 1 is 1.38 bits per heavy atom. The predicted octanol–water partition coefficient (Wildman–Crippen LogP) is -0.164. The van der Waals surface area contributed by atoms with E-state index in [9.17, 15) is 9.59 Å². The third kappa shape index (κ3) is 1.65. The van der Waals surface area contributed by atoms with Crippen molar-refractivity contribution < 1.29 is 9.59 Å². The number of carbonyl (C=O) groups excluding carboxylic acids is 2. The minimum atomic E-state index is -0.735. The van der Waals surface area contributed by atoms with Gasteiger partial charge in [0.25, 0.3) is 5.91 Å². The maximum Gasteiger partial charge on any atom is 0.326 e. The van der Waals surface area contributed by atoms with Crippen molar-refractivity contribution in [3.63, 3.8) is 0 Å². The average Bonchev–Trinajstić information content (AvgIpc) is 2.13. The topological polar surface area (TPSA) is 52.6 Å². The van der Waals surface area contributed by atoms with Crippen LogP contribution in [0.4, 0.5) is 4.79 Å². The summed E-state index contributed by atoms with van der Waals surface area (Å²) in [6.45, 7) is 3.91. The largest absolute Gasteiger partial charge is 0.326 e. The Kier molecular flexibility index (Phi) is 2.30. The fraction of sp³-hybridized carbons (Fsp3) is 0.750. The molecule has 74 valence electrons. The smallest absolute Gasteiger partial charge is 0.297 e. The molecule has 0 spiro atoms. The highest BCUT2D eigenvalue weighted by Crippen LogP contribution is 2.20. The minimum Gasteiger partial charge on any atom is -0.297 e. The first-order chi connectivity index (χ1) is 5.85. The van der Waals surface area contributed by atoms with E-state index in [0.717, 1.165) is 0 Å². The zero-order chi connectivity index (χ0) is 10.2. The van der Waals surface area contributed by atoms with Gasteiger partial charge in [0.1, 0.15) is 5.54 Å². The van der Waals surface area contributed by atoms with Crippen molar-refractivity contribution in [1.29, 1.82) is 0 Å². The number of rotatable bonds is 2. The lowest BCUT2D eigenvalue weighted by atomic mass is 10.1. The van der Waals surface area contributed by atoms with Crippen LogP contribution in [0.25, 0.3) is 0 Å². The molecule has 1 aliphatic rings.